The Morgan fingerprint density at radius 3 is 3.07 bits per heavy atom. The number of aromatic nitrogens is 1. The first-order valence-electron chi connectivity index (χ1n) is 4.29. The first-order chi connectivity index (χ1) is 7.13. The lowest BCUT2D eigenvalue weighted by Gasteiger charge is -1.99. The Morgan fingerprint density at radius 1 is 1.67 bits per heavy atom. The summed E-state index contributed by atoms with van der Waals surface area (Å²) >= 11 is 5.69. The van der Waals surface area contributed by atoms with E-state index in [0.717, 1.165) is 0 Å². The summed E-state index contributed by atoms with van der Waals surface area (Å²) in [6.07, 6.45) is 3.45. The molecule has 0 spiro atoms. The molecule has 0 aromatic carbocycles. The number of halogens is 1. The zero-order chi connectivity index (χ0) is 11.3. The van der Waals surface area contributed by atoms with Crippen molar-refractivity contribution in [3.8, 4) is 0 Å². The number of pyridine rings is 1. The molecule has 5 heteroatoms. The van der Waals surface area contributed by atoms with Gasteiger partial charge in [-0.1, -0.05) is 17.7 Å². The van der Waals surface area contributed by atoms with Crippen molar-refractivity contribution in [1.29, 1.82) is 0 Å². The number of anilines is 1. The number of ether oxygens (including phenoxy) is 1. The van der Waals surface area contributed by atoms with Crippen LogP contribution in [-0.2, 0) is 9.53 Å². The SMILES string of the molecule is COC(=O)CC=Cc1nc(Cl)ccc1N. The highest BCUT2D eigenvalue weighted by Gasteiger charge is 1.99. The van der Waals surface area contributed by atoms with Gasteiger partial charge in [-0.3, -0.25) is 4.79 Å². The van der Waals surface area contributed by atoms with E-state index < -0.39 is 0 Å². The van der Waals surface area contributed by atoms with Crippen molar-refractivity contribution in [1.82, 2.24) is 4.98 Å². The van der Waals surface area contributed by atoms with Crippen LogP contribution < -0.4 is 5.73 Å². The van der Waals surface area contributed by atoms with E-state index in [-0.39, 0.29) is 12.4 Å². The third kappa shape index (κ3) is 3.59. The number of nitrogens with two attached hydrogens (primary N) is 1. The van der Waals surface area contributed by atoms with Gasteiger partial charge in [0, 0.05) is 0 Å². The molecule has 0 saturated carbocycles. The summed E-state index contributed by atoms with van der Waals surface area (Å²) in [7, 11) is 1.34. The van der Waals surface area contributed by atoms with Crippen LogP contribution in [0.4, 0.5) is 5.69 Å². The minimum atomic E-state index is -0.313. The van der Waals surface area contributed by atoms with Crippen LogP contribution in [0.2, 0.25) is 5.15 Å². The van der Waals surface area contributed by atoms with Crippen LogP contribution in [0.25, 0.3) is 6.08 Å². The molecular weight excluding hydrogens is 216 g/mol. The Bertz CT molecular complexity index is 391. The molecule has 0 saturated heterocycles. The first-order valence-corrected chi connectivity index (χ1v) is 4.66. The van der Waals surface area contributed by atoms with E-state index in [2.05, 4.69) is 9.72 Å². The number of hydrogen-bond donors (Lipinski definition) is 1. The number of methoxy groups -OCH3 is 1. The fraction of sp³-hybridized carbons (Fsp3) is 0.200. The maximum atomic E-state index is 10.8. The van der Waals surface area contributed by atoms with Gasteiger partial charge in [0.1, 0.15) is 5.15 Å². The van der Waals surface area contributed by atoms with Gasteiger partial charge in [-0.05, 0) is 18.2 Å². The molecule has 0 aliphatic rings. The molecule has 0 aliphatic carbocycles. The predicted octanol–water partition coefficient (Wildman–Crippen LogP) is 1.89. The highest BCUT2D eigenvalue weighted by molar-refractivity contribution is 6.29. The van der Waals surface area contributed by atoms with E-state index >= 15 is 0 Å². The number of carbonyl (C=O) groups excluding carboxylic acids is 1. The quantitative estimate of drug-likeness (QED) is 0.632. The number of hydrogen-bond acceptors (Lipinski definition) is 4. The van der Waals surface area contributed by atoms with Crippen LogP contribution in [0, 0.1) is 0 Å². The predicted molar refractivity (Wildman–Crippen MR) is 59.3 cm³/mol. The zero-order valence-corrected chi connectivity index (χ0v) is 8.99. The molecule has 0 atom stereocenters. The highest BCUT2D eigenvalue weighted by atomic mass is 35.5. The third-order valence-corrected chi connectivity index (χ3v) is 1.92. The van der Waals surface area contributed by atoms with Crippen LogP contribution in [-0.4, -0.2) is 18.1 Å². The lowest BCUT2D eigenvalue weighted by Crippen LogP contribution is -1.97. The molecule has 1 heterocycles. The fourth-order valence-corrected chi connectivity index (χ4v) is 1.10. The van der Waals surface area contributed by atoms with Crippen molar-refractivity contribution in [3.63, 3.8) is 0 Å². The van der Waals surface area contributed by atoms with Gasteiger partial charge in [-0.2, -0.15) is 0 Å². The molecule has 15 heavy (non-hydrogen) atoms. The Hall–Kier alpha value is -1.55. The lowest BCUT2D eigenvalue weighted by atomic mass is 10.2. The van der Waals surface area contributed by atoms with Gasteiger partial charge in [0.25, 0.3) is 0 Å². The summed E-state index contributed by atoms with van der Waals surface area (Å²) < 4.78 is 4.47. The van der Waals surface area contributed by atoms with Gasteiger partial charge in [-0.15, -0.1) is 0 Å². The van der Waals surface area contributed by atoms with Crippen LogP contribution in [0.5, 0.6) is 0 Å². The summed E-state index contributed by atoms with van der Waals surface area (Å²) in [5, 5.41) is 0.363. The smallest absolute Gasteiger partial charge is 0.309 e. The van der Waals surface area contributed by atoms with Crippen molar-refractivity contribution >= 4 is 29.3 Å². The summed E-state index contributed by atoms with van der Waals surface area (Å²) in [6, 6.07) is 3.27. The maximum Gasteiger partial charge on any atom is 0.309 e. The second-order valence-corrected chi connectivity index (χ2v) is 3.18. The number of nitrogen functional groups attached to an aromatic ring is 1. The molecule has 4 nitrogen and oxygen atoms in total. The average Bonchev–Trinajstić information content (AvgIpc) is 2.23. The van der Waals surface area contributed by atoms with Gasteiger partial charge in [0.05, 0.1) is 24.9 Å². The van der Waals surface area contributed by atoms with Gasteiger partial charge in [-0.25, -0.2) is 4.98 Å². The second-order valence-electron chi connectivity index (χ2n) is 2.79. The zero-order valence-electron chi connectivity index (χ0n) is 8.24. The molecule has 0 unspecified atom stereocenters. The minimum absolute atomic E-state index is 0.185. The molecule has 1 rings (SSSR count). The van der Waals surface area contributed by atoms with Crippen LogP contribution in [0.15, 0.2) is 18.2 Å². The first kappa shape index (κ1) is 11.5. The summed E-state index contributed by atoms with van der Waals surface area (Å²) in [6.45, 7) is 0. The molecule has 0 amide bonds. The number of carbonyl (C=O) groups is 1. The van der Waals surface area contributed by atoms with Crippen molar-refractivity contribution in [3.05, 3.63) is 29.1 Å². The van der Waals surface area contributed by atoms with Gasteiger partial charge < -0.3 is 10.5 Å². The fourth-order valence-electron chi connectivity index (χ4n) is 0.944. The summed E-state index contributed by atoms with van der Waals surface area (Å²) in [4.78, 5) is 14.8. The highest BCUT2D eigenvalue weighted by Crippen LogP contribution is 2.14. The number of nitrogens with zero attached hydrogens (tertiary/aromatic N) is 1. The van der Waals surface area contributed by atoms with Crippen molar-refractivity contribution < 1.29 is 9.53 Å². The maximum absolute atomic E-state index is 10.8. The van der Waals surface area contributed by atoms with Crippen LogP contribution >= 0.6 is 11.6 Å². The van der Waals surface area contributed by atoms with E-state index in [1.165, 1.54) is 7.11 Å². The van der Waals surface area contributed by atoms with E-state index in [9.17, 15) is 4.79 Å². The Balaban J connectivity index is 2.71. The molecule has 80 valence electrons. The molecule has 1 aromatic rings. The summed E-state index contributed by atoms with van der Waals surface area (Å²) in [5.74, 6) is -0.313. The third-order valence-electron chi connectivity index (χ3n) is 1.71. The molecule has 0 bridgehead atoms. The molecule has 0 aliphatic heterocycles. The van der Waals surface area contributed by atoms with Crippen LogP contribution in [0.3, 0.4) is 0 Å². The van der Waals surface area contributed by atoms with E-state index in [4.69, 9.17) is 17.3 Å². The van der Waals surface area contributed by atoms with E-state index in [1.807, 2.05) is 0 Å². The topological polar surface area (TPSA) is 65.2 Å². The van der Waals surface area contributed by atoms with Crippen molar-refractivity contribution in [2.45, 2.75) is 6.42 Å². The molecule has 2 N–H and O–H groups in total. The molecular formula is C10H11ClN2O2. The second kappa shape index (κ2) is 5.36. The van der Waals surface area contributed by atoms with E-state index in [0.29, 0.717) is 16.5 Å². The Kier molecular flexibility index (Phi) is 4.12. The summed E-state index contributed by atoms with van der Waals surface area (Å²) in [5.41, 5.74) is 6.71. The van der Waals surface area contributed by atoms with Crippen molar-refractivity contribution in [2.75, 3.05) is 12.8 Å². The average molecular weight is 227 g/mol. The molecule has 0 fully saturated rings. The number of rotatable bonds is 3. The lowest BCUT2D eigenvalue weighted by molar-refractivity contribution is -0.139. The Labute approximate surface area is 92.7 Å². The van der Waals surface area contributed by atoms with Gasteiger partial charge in [0.2, 0.25) is 0 Å². The Morgan fingerprint density at radius 2 is 2.40 bits per heavy atom. The normalized spacial score (nSPS) is 10.5. The van der Waals surface area contributed by atoms with Gasteiger partial charge >= 0.3 is 5.97 Å². The molecule has 1 aromatic heterocycles. The number of esters is 1. The van der Waals surface area contributed by atoms with E-state index in [1.54, 1.807) is 24.3 Å². The largest absolute Gasteiger partial charge is 0.469 e. The van der Waals surface area contributed by atoms with Crippen LogP contribution in [0.1, 0.15) is 12.1 Å². The monoisotopic (exact) mass is 226 g/mol. The standard InChI is InChI=1S/C10H11ClN2O2/c1-15-10(14)4-2-3-8-7(12)5-6-9(11)13-8/h2-3,5-6H,4,12H2,1H3. The van der Waals surface area contributed by atoms with Gasteiger partial charge in [0.15, 0.2) is 0 Å². The molecule has 0 radical (unpaired) electrons. The minimum Gasteiger partial charge on any atom is -0.469 e. The van der Waals surface area contributed by atoms with Crippen molar-refractivity contribution in [2.24, 2.45) is 0 Å².